The van der Waals surface area contributed by atoms with Crippen molar-refractivity contribution < 1.29 is 4.42 Å². The minimum absolute atomic E-state index is 0.870. The minimum atomic E-state index is 0.870. The van der Waals surface area contributed by atoms with Crippen molar-refractivity contribution >= 4 is 0 Å². The lowest BCUT2D eigenvalue weighted by atomic mass is 10.0. The Hall–Kier alpha value is -1.58. The Kier molecular flexibility index (Phi) is 4.19. The lowest BCUT2D eigenvalue weighted by Crippen LogP contribution is -2.25. The lowest BCUT2D eigenvalue weighted by Gasteiger charge is -2.17. The molecule has 2 aromatic rings. The van der Waals surface area contributed by atoms with E-state index >= 15 is 0 Å². The topological polar surface area (TPSA) is 28.4 Å². The zero-order chi connectivity index (χ0) is 13.8. The summed E-state index contributed by atoms with van der Waals surface area (Å²) in [5.41, 5.74) is 4.23. The lowest BCUT2D eigenvalue weighted by molar-refractivity contribution is 0.255. The van der Waals surface area contributed by atoms with E-state index in [0.29, 0.717) is 0 Å². The minimum Gasteiger partial charge on any atom is -0.468 e. The van der Waals surface area contributed by atoms with Gasteiger partial charge >= 0.3 is 0 Å². The van der Waals surface area contributed by atoms with Gasteiger partial charge in [-0.05, 0) is 37.1 Å². The van der Waals surface area contributed by atoms with Crippen LogP contribution in [0.25, 0.3) is 0 Å². The molecule has 0 saturated heterocycles. The van der Waals surface area contributed by atoms with Crippen molar-refractivity contribution in [1.82, 2.24) is 10.2 Å². The Balaban J connectivity index is 1.62. The third-order valence-corrected chi connectivity index (χ3v) is 3.98. The molecule has 3 rings (SSSR count). The number of hydrogen-bond donors (Lipinski definition) is 1. The van der Waals surface area contributed by atoms with Gasteiger partial charge in [-0.3, -0.25) is 4.90 Å². The summed E-state index contributed by atoms with van der Waals surface area (Å²) in [5.74, 6) is 1.07. The van der Waals surface area contributed by atoms with Crippen molar-refractivity contribution in [3.63, 3.8) is 0 Å². The van der Waals surface area contributed by atoms with Gasteiger partial charge in [-0.1, -0.05) is 24.3 Å². The molecule has 0 atom stereocenters. The highest BCUT2D eigenvalue weighted by molar-refractivity contribution is 5.28. The van der Waals surface area contributed by atoms with Gasteiger partial charge in [-0.25, -0.2) is 0 Å². The summed E-state index contributed by atoms with van der Waals surface area (Å²) >= 11 is 0. The van der Waals surface area contributed by atoms with Crippen molar-refractivity contribution in [2.75, 3.05) is 20.1 Å². The van der Waals surface area contributed by atoms with Gasteiger partial charge in [-0.15, -0.1) is 0 Å². The van der Waals surface area contributed by atoms with Crippen molar-refractivity contribution in [2.24, 2.45) is 0 Å². The molecule has 1 aromatic heterocycles. The van der Waals surface area contributed by atoms with Gasteiger partial charge in [0.25, 0.3) is 0 Å². The number of rotatable bonds is 4. The monoisotopic (exact) mass is 270 g/mol. The summed E-state index contributed by atoms with van der Waals surface area (Å²) in [4.78, 5) is 2.49. The smallest absolute Gasteiger partial charge is 0.118 e. The van der Waals surface area contributed by atoms with Gasteiger partial charge in [0.1, 0.15) is 5.76 Å². The van der Waals surface area contributed by atoms with Gasteiger partial charge in [0, 0.05) is 25.2 Å². The largest absolute Gasteiger partial charge is 0.468 e. The first-order valence-corrected chi connectivity index (χ1v) is 7.35. The molecule has 1 aromatic carbocycles. The molecule has 0 spiro atoms. The second kappa shape index (κ2) is 6.25. The predicted molar refractivity (Wildman–Crippen MR) is 80.6 cm³/mol. The van der Waals surface area contributed by atoms with Crippen LogP contribution in [-0.2, 0) is 25.9 Å². The molecule has 3 heteroatoms. The van der Waals surface area contributed by atoms with Gasteiger partial charge in [0.2, 0.25) is 0 Å². The van der Waals surface area contributed by atoms with Crippen LogP contribution in [0.1, 0.15) is 22.5 Å². The highest BCUT2D eigenvalue weighted by atomic mass is 16.3. The molecule has 0 aliphatic carbocycles. The molecule has 0 saturated carbocycles. The molecular formula is C17H22N2O. The van der Waals surface area contributed by atoms with E-state index in [4.69, 9.17) is 4.42 Å². The zero-order valence-electron chi connectivity index (χ0n) is 12.1. The fourth-order valence-electron chi connectivity index (χ4n) is 2.90. The summed E-state index contributed by atoms with van der Waals surface area (Å²) in [6.07, 6.45) is 4.14. The SMILES string of the molecule is CNCc1coc(CN2CCc3ccccc3CC2)c1. The summed E-state index contributed by atoms with van der Waals surface area (Å²) in [6.45, 7) is 4.00. The maximum absolute atomic E-state index is 5.66. The molecule has 0 fully saturated rings. The van der Waals surface area contributed by atoms with E-state index < -0.39 is 0 Å². The number of hydrogen-bond acceptors (Lipinski definition) is 3. The van der Waals surface area contributed by atoms with E-state index in [-0.39, 0.29) is 0 Å². The third kappa shape index (κ3) is 3.11. The van der Waals surface area contributed by atoms with Crippen LogP contribution in [0.4, 0.5) is 0 Å². The molecule has 20 heavy (non-hydrogen) atoms. The Morgan fingerprint density at radius 2 is 1.85 bits per heavy atom. The zero-order valence-corrected chi connectivity index (χ0v) is 12.1. The Morgan fingerprint density at radius 1 is 1.15 bits per heavy atom. The molecule has 0 bridgehead atoms. The molecule has 1 N–H and O–H groups in total. The first-order chi connectivity index (χ1) is 9.85. The Labute approximate surface area is 120 Å². The van der Waals surface area contributed by atoms with E-state index in [1.54, 1.807) is 0 Å². The number of benzene rings is 1. The van der Waals surface area contributed by atoms with Crippen LogP contribution < -0.4 is 5.32 Å². The second-order valence-electron chi connectivity index (χ2n) is 5.50. The quantitative estimate of drug-likeness (QED) is 0.925. The predicted octanol–water partition coefficient (Wildman–Crippen LogP) is 2.60. The van der Waals surface area contributed by atoms with E-state index in [1.165, 1.54) is 16.7 Å². The summed E-state index contributed by atoms with van der Waals surface area (Å²) < 4.78 is 5.66. The van der Waals surface area contributed by atoms with Gasteiger partial charge < -0.3 is 9.73 Å². The highest BCUT2D eigenvalue weighted by Gasteiger charge is 2.15. The Morgan fingerprint density at radius 3 is 2.50 bits per heavy atom. The maximum Gasteiger partial charge on any atom is 0.118 e. The number of furan rings is 1. The summed E-state index contributed by atoms with van der Waals surface area (Å²) in [5, 5.41) is 3.15. The van der Waals surface area contributed by atoms with Gasteiger partial charge in [-0.2, -0.15) is 0 Å². The molecule has 0 radical (unpaired) electrons. The van der Waals surface area contributed by atoms with Crippen molar-refractivity contribution in [2.45, 2.75) is 25.9 Å². The van der Waals surface area contributed by atoms with Gasteiger partial charge in [0.05, 0.1) is 12.8 Å². The normalized spacial score (nSPS) is 15.8. The maximum atomic E-state index is 5.66. The van der Waals surface area contributed by atoms with Crippen LogP contribution in [0.2, 0.25) is 0 Å². The average Bonchev–Trinajstić information content (AvgIpc) is 2.80. The second-order valence-corrected chi connectivity index (χ2v) is 5.50. The first-order valence-electron chi connectivity index (χ1n) is 7.35. The van der Waals surface area contributed by atoms with Crippen LogP contribution in [-0.4, -0.2) is 25.0 Å². The molecule has 0 unspecified atom stereocenters. The van der Waals surface area contributed by atoms with Crippen LogP contribution in [0.3, 0.4) is 0 Å². The molecule has 0 amide bonds. The van der Waals surface area contributed by atoms with Crippen LogP contribution in [0.5, 0.6) is 0 Å². The Bertz CT molecular complexity index is 535. The number of nitrogens with zero attached hydrogens (tertiary/aromatic N) is 1. The number of fused-ring (bicyclic) bond motifs is 1. The molecule has 106 valence electrons. The molecule has 1 aliphatic rings. The molecular weight excluding hydrogens is 248 g/mol. The summed E-state index contributed by atoms with van der Waals surface area (Å²) in [7, 11) is 1.96. The van der Waals surface area contributed by atoms with Gasteiger partial charge in [0.15, 0.2) is 0 Å². The molecule has 3 nitrogen and oxygen atoms in total. The van der Waals surface area contributed by atoms with Crippen molar-refractivity contribution in [1.29, 1.82) is 0 Å². The van der Waals surface area contributed by atoms with E-state index in [9.17, 15) is 0 Å². The standard InChI is InChI=1S/C17H22N2O/c1-18-11-14-10-17(20-13-14)12-19-8-6-15-4-2-3-5-16(15)7-9-19/h2-5,10,13,18H,6-9,11-12H2,1H3. The highest BCUT2D eigenvalue weighted by Crippen LogP contribution is 2.18. The first kappa shape index (κ1) is 13.4. The van der Waals surface area contributed by atoms with E-state index in [1.807, 2.05) is 13.3 Å². The van der Waals surface area contributed by atoms with E-state index in [0.717, 1.165) is 44.8 Å². The number of nitrogens with one attached hydrogen (secondary N) is 1. The van der Waals surface area contributed by atoms with Crippen LogP contribution in [0, 0.1) is 0 Å². The fourth-order valence-corrected chi connectivity index (χ4v) is 2.90. The molecule has 1 aliphatic heterocycles. The fraction of sp³-hybridized carbons (Fsp3) is 0.412. The van der Waals surface area contributed by atoms with E-state index in [2.05, 4.69) is 40.5 Å². The van der Waals surface area contributed by atoms with Crippen LogP contribution >= 0.6 is 0 Å². The van der Waals surface area contributed by atoms with Crippen molar-refractivity contribution in [3.8, 4) is 0 Å². The van der Waals surface area contributed by atoms with Crippen molar-refractivity contribution in [3.05, 3.63) is 59.0 Å². The third-order valence-electron chi connectivity index (χ3n) is 3.98. The van der Waals surface area contributed by atoms with Crippen LogP contribution in [0.15, 0.2) is 41.0 Å². The molecule has 2 heterocycles. The summed E-state index contributed by atoms with van der Waals surface area (Å²) in [6, 6.07) is 11.0. The average molecular weight is 270 g/mol.